The van der Waals surface area contributed by atoms with Crippen LogP contribution in [0.5, 0.6) is 0 Å². The number of rotatable bonds is 8. The van der Waals surface area contributed by atoms with Crippen molar-refractivity contribution in [3.63, 3.8) is 0 Å². The molecule has 0 aliphatic rings. The maximum atomic E-state index is 12.5. The molecule has 1 heterocycles. The summed E-state index contributed by atoms with van der Waals surface area (Å²) in [5, 5.41) is 10.7. The molecule has 0 saturated carbocycles. The summed E-state index contributed by atoms with van der Waals surface area (Å²) < 4.78 is 31.7. The van der Waals surface area contributed by atoms with E-state index in [0.29, 0.717) is 34.8 Å². The molecule has 1 aromatic heterocycles. The van der Waals surface area contributed by atoms with Crippen LogP contribution in [0.15, 0.2) is 58.4 Å². The van der Waals surface area contributed by atoms with Crippen LogP contribution in [0, 0.1) is 10.1 Å². The van der Waals surface area contributed by atoms with E-state index >= 15 is 0 Å². The second kappa shape index (κ2) is 9.98. The van der Waals surface area contributed by atoms with Crippen LogP contribution in [0.25, 0.3) is 16.3 Å². The quantitative estimate of drug-likeness (QED) is 0.213. The van der Waals surface area contributed by atoms with E-state index in [1.54, 1.807) is 12.1 Å². The monoisotopic (exact) mass is 475 g/mol. The number of nitro benzene ring substituents is 1. The number of hydrogen-bond donors (Lipinski definition) is 0. The van der Waals surface area contributed by atoms with Crippen molar-refractivity contribution in [2.24, 2.45) is 4.99 Å². The van der Waals surface area contributed by atoms with Gasteiger partial charge in [0.25, 0.3) is 11.6 Å². The molecule has 0 saturated heterocycles. The van der Waals surface area contributed by atoms with Crippen molar-refractivity contribution < 1.29 is 22.9 Å². The van der Waals surface area contributed by atoms with Crippen molar-refractivity contribution in [1.29, 1.82) is 0 Å². The SMILES string of the molecule is CCOCCn1c(=NC(=O)/C=C\c2ccc([N+](=O)[O-])cc2)sc2cc(S(C)(=O)=O)ccc21. The van der Waals surface area contributed by atoms with Crippen LogP contribution in [-0.2, 0) is 25.9 Å². The molecule has 9 nitrogen and oxygen atoms in total. The minimum absolute atomic E-state index is 0.0350. The van der Waals surface area contributed by atoms with Crippen molar-refractivity contribution in [2.45, 2.75) is 18.4 Å². The molecule has 2 aromatic carbocycles. The number of amides is 1. The van der Waals surface area contributed by atoms with Gasteiger partial charge in [-0.05, 0) is 48.9 Å². The van der Waals surface area contributed by atoms with Gasteiger partial charge in [-0.25, -0.2) is 8.42 Å². The van der Waals surface area contributed by atoms with Gasteiger partial charge in [0.05, 0.1) is 26.6 Å². The number of benzene rings is 2. The predicted molar refractivity (Wildman–Crippen MR) is 122 cm³/mol. The van der Waals surface area contributed by atoms with Gasteiger partial charge in [0.2, 0.25) is 0 Å². The Labute approximate surface area is 188 Å². The molecule has 0 aliphatic carbocycles. The molecule has 0 bridgehead atoms. The van der Waals surface area contributed by atoms with E-state index in [1.165, 1.54) is 53.8 Å². The number of carbonyl (C=O) groups is 1. The lowest BCUT2D eigenvalue weighted by atomic mass is 10.2. The fourth-order valence-corrected chi connectivity index (χ4v) is 4.71. The highest BCUT2D eigenvalue weighted by Gasteiger charge is 2.12. The Balaban J connectivity index is 1.95. The Morgan fingerprint density at radius 2 is 1.97 bits per heavy atom. The summed E-state index contributed by atoms with van der Waals surface area (Å²) in [5.41, 5.74) is 1.35. The molecule has 0 N–H and O–H groups in total. The Hall–Kier alpha value is -3.15. The van der Waals surface area contributed by atoms with Gasteiger partial charge in [-0.1, -0.05) is 11.3 Å². The summed E-state index contributed by atoms with van der Waals surface area (Å²) in [7, 11) is -3.37. The molecule has 32 heavy (non-hydrogen) atoms. The highest BCUT2D eigenvalue weighted by atomic mass is 32.2. The number of nitro groups is 1. The number of carbonyl (C=O) groups excluding carboxylic acids is 1. The summed E-state index contributed by atoms with van der Waals surface area (Å²) in [5.74, 6) is -0.511. The van der Waals surface area contributed by atoms with Gasteiger partial charge in [0.15, 0.2) is 14.6 Å². The van der Waals surface area contributed by atoms with E-state index in [2.05, 4.69) is 4.99 Å². The minimum Gasteiger partial charge on any atom is -0.380 e. The lowest BCUT2D eigenvalue weighted by Gasteiger charge is -2.05. The first-order chi connectivity index (χ1) is 15.2. The first-order valence-electron chi connectivity index (χ1n) is 9.61. The molecule has 1 amide bonds. The van der Waals surface area contributed by atoms with Gasteiger partial charge in [-0.2, -0.15) is 4.99 Å². The topological polar surface area (TPSA) is 121 Å². The molecule has 3 aromatic rings. The van der Waals surface area contributed by atoms with Gasteiger partial charge in [0.1, 0.15) is 0 Å². The molecule has 168 valence electrons. The highest BCUT2D eigenvalue weighted by molar-refractivity contribution is 7.90. The standard InChI is InChI=1S/C21H21N3O6S2/c1-3-30-13-12-23-18-10-9-17(32(2,28)29)14-19(18)31-21(23)22-20(25)11-6-15-4-7-16(8-5-15)24(26)27/h4-11,14H,3,12-13H2,1-2H3/b11-6-,22-21?. The fraction of sp³-hybridized carbons (Fsp3) is 0.238. The summed E-state index contributed by atoms with van der Waals surface area (Å²) in [4.78, 5) is 27.5. The molecular weight excluding hydrogens is 454 g/mol. The van der Waals surface area contributed by atoms with Crippen molar-refractivity contribution in [2.75, 3.05) is 19.5 Å². The van der Waals surface area contributed by atoms with Gasteiger partial charge < -0.3 is 9.30 Å². The Kier molecular flexibility index (Phi) is 7.33. The highest BCUT2D eigenvalue weighted by Crippen LogP contribution is 2.22. The third kappa shape index (κ3) is 5.75. The second-order valence-corrected chi connectivity index (χ2v) is 9.79. The van der Waals surface area contributed by atoms with Gasteiger partial charge in [-0.3, -0.25) is 14.9 Å². The normalized spacial score (nSPS) is 12.6. The Morgan fingerprint density at radius 3 is 2.59 bits per heavy atom. The van der Waals surface area contributed by atoms with Crippen LogP contribution in [0.3, 0.4) is 0 Å². The van der Waals surface area contributed by atoms with Crippen LogP contribution in [0.2, 0.25) is 0 Å². The van der Waals surface area contributed by atoms with Crippen molar-refractivity contribution in [3.8, 4) is 0 Å². The molecule has 0 radical (unpaired) electrons. The number of non-ortho nitro benzene ring substituents is 1. The maximum absolute atomic E-state index is 12.5. The van der Waals surface area contributed by atoms with Crippen molar-refractivity contribution in [3.05, 3.63) is 69.0 Å². The van der Waals surface area contributed by atoms with Crippen LogP contribution in [0.4, 0.5) is 5.69 Å². The average Bonchev–Trinajstić information content (AvgIpc) is 3.08. The molecule has 0 atom stereocenters. The molecule has 11 heteroatoms. The van der Waals surface area contributed by atoms with E-state index in [0.717, 1.165) is 11.8 Å². The van der Waals surface area contributed by atoms with Crippen LogP contribution < -0.4 is 4.80 Å². The van der Waals surface area contributed by atoms with Crippen LogP contribution in [0.1, 0.15) is 12.5 Å². The zero-order chi connectivity index (χ0) is 23.3. The smallest absolute Gasteiger partial charge is 0.272 e. The van der Waals surface area contributed by atoms with Gasteiger partial charge in [-0.15, -0.1) is 0 Å². The molecule has 0 aliphatic heterocycles. The van der Waals surface area contributed by atoms with E-state index in [4.69, 9.17) is 4.74 Å². The van der Waals surface area contributed by atoms with E-state index in [9.17, 15) is 23.3 Å². The number of thiazole rings is 1. The van der Waals surface area contributed by atoms with Crippen LogP contribution >= 0.6 is 11.3 Å². The number of sulfone groups is 1. The maximum Gasteiger partial charge on any atom is 0.272 e. The predicted octanol–water partition coefficient (Wildman–Crippen LogP) is 3.19. The third-order valence-corrected chi connectivity index (χ3v) is 6.63. The second-order valence-electron chi connectivity index (χ2n) is 6.77. The zero-order valence-electron chi connectivity index (χ0n) is 17.4. The Morgan fingerprint density at radius 1 is 1.25 bits per heavy atom. The molecule has 0 unspecified atom stereocenters. The van der Waals surface area contributed by atoms with Crippen molar-refractivity contribution >= 4 is 49.1 Å². The lowest BCUT2D eigenvalue weighted by Crippen LogP contribution is -2.19. The largest absolute Gasteiger partial charge is 0.380 e. The number of aromatic nitrogens is 1. The number of hydrogen-bond acceptors (Lipinski definition) is 7. The Bertz CT molecular complexity index is 1350. The van der Waals surface area contributed by atoms with E-state index in [1.807, 2.05) is 11.5 Å². The summed E-state index contributed by atoms with van der Waals surface area (Å²) in [6, 6.07) is 10.6. The van der Waals surface area contributed by atoms with Crippen molar-refractivity contribution in [1.82, 2.24) is 4.57 Å². The summed E-state index contributed by atoms with van der Waals surface area (Å²) in [6.45, 7) is 3.29. The van der Waals surface area contributed by atoms with Gasteiger partial charge in [0, 0.05) is 37.6 Å². The molecule has 0 fully saturated rings. The summed E-state index contributed by atoms with van der Waals surface area (Å²) >= 11 is 1.21. The molecular formula is C21H21N3O6S2. The summed E-state index contributed by atoms with van der Waals surface area (Å²) in [6.07, 6.45) is 3.94. The zero-order valence-corrected chi connectivity index (χ0v) is 19.1. The lowest BCUT2D eigenvalue weighted by molar-refractivity contribution is -0.384. The molecule has 0 spiro atoms. The van der Waals surface area contributed by atoms with Gasteiger partial charge >= 0.3 is 0 Å². The molecule has 3 rings (SSSR count). The number of ether oxygens (including phenoxy) is 1. The average molecular weight is 476 g/mol. The number of nitrogens with zero attached hydrogens (tertiary/aromatic N) is 3. The van der Waals surface area contributed by atoms with Crippen LogP contribution in [-0.4, -0.2) is 43.3 Å². The van der Waals surface area contributed by atoms with E-state index in [-0.39, 0.29) is 10.6 Å². The third-order valence-electron chi connectivity index (χ3n) is 4.47. The first-order valence-corrected chi connectivity index (χ1v) is 12.3. The minimum atomic E-state index is -3.37. The first kappa shape index (κ1) is 23.5. The fourth-order valence-electron chi connectivity index (χ4n) is 2.89. The van der Waals surface area contributed by atoms with E-state index < -0.39 is 20.7 Å². The number of fused-ring (bicyclic) bond motifs is 1.